The van der Waals surface area contributed by atoms with E-state index in [0.717, 1.165) is 4.70 Å². The van der Waals surface area contributed by atoms with Gasteiger partial charge in [0.1, 0.15) is 11.5 Å². The van der Waals surface area contributed by atoms with E-state index in [-0.39, 0.29) is 11.3 Å². The summed E-state index contributed by atoms with van der Waals surface area (Å²) in [6.07, 6.45) is 0. The molecule has 1 amide bonds. The number of ketones is 1. The topological polar surface area (TPSA) is 98.2 Å². The summed E-state index contributed by atoms with van der Waals surface area (Å²) >= 11 is 7.39. The maximum Gasteiger partial charge on any atom is 0.301 e. The predicted octanol–water partition coefficient (Wildman–Crippen LogP) is 5.99. The van der Waals surface area contributed by atoms with E-state index >= 15 is 0 Å². The van der Waals surface area contributed by atoms with Crippen molar-refractivity contribution in [3.05, 3.63) is 82.4 Å². The van der Waals surface area contributed by atoms with Crippen LogP contribution in [0.1, 0.15) is 24.1 Å². The molecular formula is C28H23ClN2O6S. The third-order valence-electron chi connectivity index (χ3n) is 6.13. The molecule has 1 aliphatic rings. The molecule has 0 saturated carbocycles. The molecule has 1 fully saturated rings. The van der Waals surface area contributed by atoms with Crippen molar-refractivity contribution in [1.29, 1.82) is 0 Å². The number of halogens is 1. The molecule has 0 radical (unpaired) electrons. The summed E-state index contributed by atoms with van der Waals surface area (Å²) < 4.78 is 17.2. The van der Waals surface area contributed by atoms with Crippen LogP contribution in [-0.4, -0.2) is 42.6 Å². The van der Waals surface area contributed by atoms with Crippen molar-refractivity contribution in [2.24, 2.45) is 0 Å². The molecule has 1 aliphatic heterocycles. The normalized spacial score (nSPS) is 16.7. The van der Waals surface area contributed by atoms with E-state index in [1.165, 1.54) is 30.5 Å². The lowest BCUT2D eigenvalue weighted by molar-refractivity contribution is -0.132. The molecule has 38 heavy (non-hydrogen) atoms. The lowest BCUT2D eigenvalue weighted by Crippen LogP contribution is -2.29. The number of carbonyl (C=O) groups excluding carboxylic acids is 2. The SMILES string of the molecule is CCOc1cccc(/C(O)=C2\C(=O)C(=O)N(c3nc4ccc(Cl)cc4s3)C2c2ccc(OC)c(OC)c2)c1. The third kappa shape index (κ3) is 4.44. The number of nitrogens with zero attached hydrogens (tertiary/aromatic N) is 2. The summed E-state index contributed by atoms with van der Waals surface area (Å²) in [6.45, 7) is 2.28. The first-order valence-corrected chi connectivity index (χ1v) is 12.9. The van der Waals surface area contributed by atoms with E-state index in [1.54, 1.807) is 60.7 Å². The summed E-state index contributed by atoms with van der Waals surface area (Å²) in [5, 5.41) is 12.3. The highest BCUT2D eigenvalue weighted by Gasteiger charge is 2.48. The Morgan fingerprint density at radius 1 is 1.05 bits per heavy atom. The molecule has 3 aromatic carbocycles. The highest BCUT2D eigenvalue weighted by Crippen LogP contribution is 2.46. The quantitative estimate of drug-likeness (QED) is 0.171. The number of aliphatic hydroxyl groups is 1. The van der Waals surface area contributed by atoms with Crippen molar-refractivity contribution in [3.63, 3.8) is 0 Å². The molecule has 2 heterocycles. The molecule has 1 aromatic heterocycles. The molecule has 0 bridgehead atoms. The average molecular weight is 551 g/mol. The first-order chi connectivity index (χ1) is 18.4. The lowest BCUT2D eigenvalue weighted by Gasteiger charge is -2.23. The number of Topliss-reactive ketones (excluding diaryl/α,β-unsaturated/α-hetero) is 1. The average Bonchev–Trinajstić information content (AvgIpc) is 3.45. The largest absolute Gasteiger partial charge is 0.507 e. The first kappa shape index (κ1) is 25.6. The van der Waals surface area contributed by atoms with Crippen molar-refractivity contribution in [2.45, 2.75) is 13.0 Å². The highest BCUT2D eigenvalue weighted by atomic mass is 35.5. The third-order valence-corrected chi connectivity index (χ3v) is 7.38. The molecule has 1 unspecified atom stereocenters. The molecule has 4 aromatic rings. The van der Waals surface area contributed by atoms with Gasteiger partial charge in [-0.2, -0.15) is 0 Å². The van der Waals surface area contributed by atoms with Gasteiger partial charge in [-0.3, -0.25) is 14.5 Å². The molecule has 1 atom stereocenters. The van der Waals surface area contributed by atoms with Crippen molar-refractivity contribution in [3.8, 4) is 17.2 Å². The van der Waals surface area contributed by atoms with Crippen LogP contribution in [-0.2, 0) is 9.59 Å². The highest BCUT2D eigenvalue weighted by molar-refractivity contribution is 7.22. The number of ether oxygens (including phenoxy) is 3. The van der Waals surface area contributed by atoms with Crippen LogP contribution in [0.5, 0.6) is 17.2 Å². The Balaban J connectivity index is 1.73. The fraction of sp³-hybridized carbons (Fsp3) is 0.179. The minimum Gasteiger partial charge on any atom is -0.507 e. The van der Waals surface area contributed by atoms with Crippen molar-refractivity contribution >= 4 is 55.7 Å². The summed E-state index contributed by atoms with van der Waals surface area (Å²) in [6, 6.07) is 16.0. The van der Waals surface area contributed by atoms with Gasteiger partial charge in [-0.15, -0.1) is 0 Å². The van der Waals surface area contributed by atoms with Gasteiger partial charge < -0.3 is 19.3 Å². The Bertz CT molecular complexity index is 1600. The number of thiazole rings is 1. The summed E-state index contributed by atoms with van der Waals surface area (Å²) in [7, 11) is 3.01. The van der Waals surface area contributed by atoms with Crippen LogP contribution in [0.3, 0.4) is 0 Å². The van der Waals surface area contributed by atoms with Crippen LogP contribution >= 0.6 is 22.9 Å². The number of hydrogen-bond acceptors (Lipinski definition) is 8. The van der Waals surface area contributed by atoms with Crippen LogP contribution in [0.15, 0.2) is 66.2 Å². The Morgan fingerprint density at radius 2 is 1.84 bits per heavy atom. The number of rotatable bonds is 7. The predicted molar refractivity (Wildman–Crippen MR) is 147 cm³/mol. The number of carbonyl (C=O) groups is 2. The number of methoxy groups -OCH3 is 2. The zero-order chi connectivity index (χ0) is 27.0. The smallest absolute Gasteiger partial charge is 0.301 e. The number of hydrogen-bond donors (Lipinski definition) is 1. The summed E-state index contributed by atoms with van der Waals surface area (Å²) in [4.78, 5) is 32.9. The Morgan fingerprint density at radius 3 is 2.58 bits per heavy atom. The molecule has 10 heteroatoms. The molecule has 5 rings (SSSR count). The maximum atomic E-state index is 13.5. The van der Waals surface area contributed by atoms with Crippen molar-refractivity contribution < 1.29 is 28.9 Å². The lowest BCUT2D eigenvalue weighted by atomic mass is 9.95. The minimum absolute atomic E-state index is 0.0758. The first-order valence-electron chi connectivity index (χ1n) is 11.7. The van der Waals surface area contributed by atoms with Crippen LogP contribution in [0.2, 0.25) is 5.02 Å². The molecule has 1 saturated heterocycles. The number of benzene rings is 3. The van der Waals surface area contributed by atoms with E-state index < -0.39 is 17.7 Å². The molecular weight excluding hydrogens is 528 g/mol. The number of aromatic nitrogens is 1. The standard InChI is InChI=1S/C28H23ClN2O6S/c1-4-37-18-7-5-6-16(12-18)25(32)23-24(15-8-11-20(35-2)21(13-15)36-3)31(27(34)26(23)33)28-30-19-10-9-17(29)14-22(19)38-28/h5-14,24,32H,4H2,1-3H3/b25-23+. The van der Waals surface area contributed by atoms with Crippen LogP contribution in [0.4, 0.5) is 5.13 Å². The van der Waals surface area contributed by atoms with Gasteiger partial charge in [-0.1, -0.05) is 41.1 Å². The van der Waals surface area contributed by atoms with Crippen LogP contribution in [0.25, 0.3) is 16.0 Å². The van der Waals surface area contributed by atoms with Crippen LogP contribution in [0, 0.1) is 0 Å². The van der Waals surface area contributed by atoms with E-state index in [4.69, 9.17) is 25.8 Å². The van der Waals surface area contributed by atoms with Crippen molar-refractivity contribution in [1.82, 2.24) is 4.98 Å². The van der Waals surface area contributed by atoms with Gasteiger partial charge >= 0.3 is 5.91 Å². The zero-order valence-electron chi connectivity index (χ0n) is 20.7. The Labute approximate surface area is 227 Å². The van der Waals surface area contributed by atoms with Gasteiger partial charge in [-0.25, -0.2) is 4.98 Å². The van der Waals surface area contributed by atoms with Crippen LogP contribution < -0.4 is 19.1 Å². The summed E-state index contributed by atoms with van der Waals surface area (Å²) in [5.41, 5.74) is 1.43. The van der Waals surface area contributed by atoms with Crippen molar-refractivity contribution in [2.75, 3.05) is 25.7 Å². The van der Waals surface area contributed by atoms with Gasteiger partial charge in [0, 0.05) is 10.6 Å². The zero-order valence-corrected chi connectivity index (χ0v) is 22.3. The number of aliphatic hydroxyl groups excluding tert-OH is 1. The number of anilines is 1. The molecule has 0 aliphatic carbocycles. The fourth-order valence-corrected chi connectivity index (χ4v) is 5.68. The van der Waals surface area contributed by atoms with E-state index in [9.17, 15) is 14.7 Å². The molecule has 1 N–H and O–H groups in total. The van der Waals surface area contributed by atoms with E-state index in [2.05, 4.69) is 4.98 Å². The van der Waals surface area contributed by atoms with Gasteiger partial charge in [-0.05, 0) is 55.0 Å². The summed E-state index contributed by atoms with van der Waals surface area (Å²) in [5.74, 6) is -0.552. The molecule has 0 spiro atoms. The monoisotopic (exact) mass is 550 g/mol. The van der Waals surface area contributed by atoms with E-state index in [0.29, 0.717) is 50.7 Å². The number of amides is 1. The molecule has 194 valence electrons. The molecule has 8 nitrogen and oxygen atoms in total. The fourth-order valence-electron chi connectivity index (χ4n) is 4.41. The Hall–Kier alpha value is -4.08. The van der Waals surface area contributed by atoms with Gasteiger partial charge in [0.15, 0.2) is 16.6 Å². The Kier molecular flexibility index (Phi) is 6.96. The van der Waals surface area contributed by atoms with Gasteiger partial charge in [0.2, 0.25) is 0 Å². The minimum atomic E-state index is -0.985. The maximum absolute atomic E-state index is 13.5. The van der Waals surface area contributed by atoms with E-state index in [1.807, 2.05) is 6.92 Å². The second-order valence-corrected chi connectivity index (χ2v) is 9.80. The second kappa shape index (κ2) is 10.4. The number of fused-ring (bicyclic) bond motifs is 1. The van der Waals surface area contributed by atoms with Gasteiger partial charge in [0.25, 0.3) is 5.78 Å². The second-order valence-electron chi connectivity index (χ2n) is 8.35. The van der Waals surface area contributed by atoms with Gasteiger partial charge in [0.05, 0.1) is 42.7 Å².